The summed E-state index contributed by atoms with van der Waals surface area (Å²) in [5, 5.41) is 2.10. The standard InChI is InChI=1S/C8H9N2O5P/c1-2-12-8-5-3-7(4-6-8)9-10-14-16(11,13-9)15-10/h3-6H,2H2,1H3. The van der Waals surface area contributed by atoms with Crippen LogP contribution in [0.15, 0.2) is 24.3 Å². The van der Waals surface area contributed by atoms with Crippen molar-refractivity contribution in [1.29, 1.82) is 0 Å². The van der Waals surface area contributed by atoms with E-state index in [-0.39, 0.29) is 0 Å². The van der Waals surface area contributed by atoms with Crippen LogP contribution >= 0.6 is 7.82 Å². The van der Waals surface area contributed by atoms with Gasteiger partial charge in [0.05, 0.1) is 17.6 Å². The summed E-state index contributed by atoms with van der Waals surface area (Å²) in [6.45, 7) is 2.51. The summed E-state index contributed by atoms with van der Waals surface area (Å²) < 4.78 is 30.9. The summed E-state index contributed by atoms with van der Waals surface area (Å²) in [4.78, 5) is 0. The molecule has 3 aliphatic heterocycles. The van der Waals surface area contributed by atoms with Gasteiger partial charge in [0.15, 0.2) is 0 Å². The molecule has 8 heteroatoms. The highest BCUT2D eigenvalue weighted by molar-refractivity contribution is 7.49. The first-order valence-corrected chi connectivity index (χ1v) is 6.18. The first kappa shape index (κ1) is 10.1. The SMILES string of the molecule is CCOc1ccc(N2OP3(=O)ON2O3)cc1. The molecule has 0 unspecified atom stereocenters. The maximum Gasteiger partial charge on any atom is 0.538 e. The zero-order valence-electron chi connectivity index (χ0n) is 8.40. The van der Waals surface area contributed by atoms with Gasteiger partial charge in [0.25, 0.3) is 0 Å². The molecular weight excluding hydrogens is 235 g/mol. The Morgan fingerprint density at radius 3 is 2.44 bits per heavy atom. The van der Waals surface area contributed by atoms with Crippen LogP contribution in [0, 0.1) is 0 Å². The predicted molar refractivity (Wildman–Crippen MR) is 52.8 cm³/mol. The quantitative estimate of drug-likeness (QED) is 0.754. The smallest absolute Gasteiger partial charge is 0.494 e. The second-order valence-electron chi connectivity index (χ2n) is 3.13. The van der Waals surface area contributed by atoms with Gasteiger partial charge < -0.3 is 4.74 Å². The normalized spacial score (nSPS) is 31.3. The summed E-state index contributed by atoms with van der Waals surface area (Å²) in [5.41, 5.74) is 0.638. The molecule has 1 aromatic rings. The van der Waals surface area contributed by atoms with Gasteiger partial charge in [0, 0.05) is 0 Å². The zero-order valence-corrected chi connectivity index (χ0v) is 9.29. The van der Waals surface area contributed by atoms with Crippen LogP contribution in [0.2, 0.25) is 0 Å². The lowest BCUT2D eigenvalue weighted by atomic mass is 10.3. The number of hydrogen-bond acceptors (Lipinski definition) is 7. The van der Waals surface area contributed by atoms with Gasteiger partial charge in [-0.15, -0.1) is 19.0 Å². The Balaban J connectivity index is 1.78. The van der Waals surface area contributed by atoms with Crippen LogP contribution in [0.1, 0.15) is 6.92 Å². The summed E-state index contributed by atoms with van der Waals surface area (Å²) >= 11 is 0. The van der Waals surface area contributed by atoms with Crippen LogP contribution in [0.3, 0.4) is 0 Å². The molecule has 2 bridgehead atoms. The first-order chi connectivity index (χ1) is 7.70. The van der Waals surface area contributed by atoms with Gasteiger partial charge in [-0.3, -0.25) is 0 Å². The minimum Gasteiger partial charge on any atom is -0.494 e. The van der Waals surface area contributed by atoms with Crippen molar-refractivity contribution in [3.8, 4) is 5.75 Å². The fourth-order valence-electron chi connectivity index (χ4n) is 1.38. The van der Waals surface area contributed by atoms with Crippen LogP contribution in [-0.2, 0) is 18.4 Å². The van der Waals surface area contributed by atoms with E-state index in [9.17, 15) is 4.57 Å². The van der Waals surface area contributed by atoms with E-state index in [1.807, 2.05) is 6.92 Å². The molecule has 16 heavy (non-hydrogen) atoms. The minimum atomic E-state index is -3.33. The Morgan fingerprint density at radius 2 is 1.94 bits per heavy atom. The third-order valence-electron chi connectivity index (χ3n) is 2.03. The van der Waals surface area contributed by atoms with E-state index in [0.29, 0.717) is 12.3 Å². The molecule has 4 rings (SSSR count). The number of phosphoric acid groups is 1. The largest absolute Gasteiger partial charge is 0.538 e. The lowest BCUT2D eigenvalue weighted by Crippen LogP contribution is -2.34. The van der Waals surface area contributed by atoms with Gasteiger partial charge in [-0.05, 0) is 31.2 Å². The molecule has 86 valence electrons. The van der Waals surface area contributed by atoms with Crippen molar-refractivity contribution >= 4 is 13.5 Å². The van der Waals surface area contributed by atoms with E-state index in [1.165, 1.54) is 5.17 Å². The third kappa shape index (κ3) is 1.50. The molecule has 7 nitrogen and oxygen atoms in total. The van der Waals surface area contributed by atoms with E-state index in [0.717, 1.165) is 11.1 Å². The Bertz CT molecular complexity index is 440. The van der Waals surface area contributed by atoms with Crippen molar-refractivity contribution < 1.29 is 23.2 Å². The van der Waals surface area contributed by atoms with Gasteiger partial charge >= 0.3 is 7.82 Å². The van der Waals surface area contributed by atoms with E-state index in [4.69, 9.17) is 18.6 Å². The van der Waals surface area contributed by atoms with Crippen LogP contribution in [0.25, 0.3) is 0 Å². The van der Waals surface area contributed by atoms with E-state index >= 15 is 0 Å². The number of rotatable bonds is 3. The summed E-state index contributed by atoms with van der Waals surface area (Å²) in [5.74, 6) is 0.751. The highest BCUT2D eigenvalue weighted by Gasteiger charge is 2.60. The predicted octanol–water partition coefficient (Wildman–Crippen LogP) is 2.04. The maximum absolute atomic E-state index is 11.3. The molecule has 3 fully saturated rings. The second kappa shape index (κ2) is 3.44. The van der Waals surface area contributed by atoms with E-state index in [2.05, 4.69) is 0 Å². The molecule has 0 aliphatic carbocycles. The number of ether oxygens (including phenoxy) is 1. The second-order valence-corrected chi connectivity index (χ2v) is 4.51. The van der Waals surface area contributed by atoms with Crippen molar-refractivity contribution in [3.63, 3.8) is 0 Å². The molecule has 0 saturated carbocycles. The molecule has 0 amide bonds. The molecule has 0 spiro atoms. The van der Waals surface area contributed by atoms with Crippen LogP contribution in [0.5, 0.6) is 5.75 Å². The highest BCUT2D eigenvalue weighted by Crippen LogP contribution is 2.67. The molecule has 3 heterocycles. The van der Waals surface area contributed by atoms with Crippen molar-refractivity contribution in [2.45, 2.75) is 6.92 Å². The van der Waals surface area contributed by atoms with Crippen molar-refractivity contribution in [1.82, 2.24) is 5.34 Å². The molecule has 3 aliphatic rings. The molecule has 1 aromatic carbocycles. The Morgan fingerprint density at radius 1 is 1.25 bits per heavy atom. The highest BCUT2D eigenvalue weighted by atomic mass is 31.2. The van der Waals surface area contributed by atoms with Crippen LogP contribution < -0.4 is 9.91 Å². The average Bonchev–Trinajstić information content (AvgIpc) is 2.73. The lowest BCUT2D eigenvalue weighted by Gasteiger charge is -2.21. The van der Waals surface area contributed by atoms with Crippen LogP contribution in [0.4, 0.5) is 5.69 Å². The van der Waals surface area contributed by atoms with Crippen molar-refractivity contribution in [2.75, 3.05) is 11.8 Å². The first-order valence-electron chi connectivity index (χ1n) is 4.72. The lowest BCUT2D eigenvalue weighted by molar-refractivity contribution is -0.318. The molecule has 0 N–H and O–H groups in total. The van der Waals surface area contributed by atoms with Crippen LogP contribution in [-0.4, -0.2) is 11.9 Å². The fourth-order valence-corrected chi connectivity index (χ4v) is 2.27. The molecule has 0 atom stereocenters. The Kier molecular flexibility index (Phi) is 2.17. The van der Waals surface area contributed by atoms with E-state index < -0.39 is 7.82 Å². The number of hydrazine groups is 1. The fraction of sp³-hybridized carbons (Fsp3) is 0.250. The summed E-state index contributed by atoms with van der Waals surface area (Å²) in [6.07, 6.45) is 0. The Labute approximate surface area is 91.5 Å². The average molecular weight is 244 g/mol. The van der Waals surface area contributed by atoms with Gasteiger partial charge in [-0.1, -0.05) is 0 Å². The molecule has 3 saturated heterocycles. The van der Waals surface area contributed by atoms with Gasteiger partial charge in [0.2, 0.25) is 0 Å². The summed E-state index contributed by atoms with van der Waals surface area (Å²) in [7, 11) is -3.33. The van der Waals surface area contributed by atoms with Gasteiger partial charge in [0.1, 0.15) is 5.75 Å². The van der Waals surface area contributed by atoms with E-state index in [1.54, 1.807) is 24.3 Å². The maximum atomic E-state index is 11.3. The molecule has 0 radical (unpaired) electrons. The number of fused-ring (bicyclic) bond motifs is 1. The molecule has 0 aromatic heterocycles. The number of hydrogen-bond donors (Lipinski definition) is 0. The zero-order chi connectivity index (χ0) is 11.2. The topological polar surface area (TPSA) is 60.5 Å². The third-order valence-corrected chi connectivity index (χ3v) is 3.07. The molecular formula is C8H9N2O5P. The Hall–Kier alpha value is -1.11. The number of benzene rings is 1. The number of nitrogens with zero attached hydrogens (tertiary/aromatic N) is 2. The van der Waals surface area contributed by atoms with Gasteiger partial charge in [-0.2, -0.15) is 0 Å². The van der Waals surface area contributed by atoms with Crippen molar-refractivity contribution in [3.05, 3.63) is 24.3 Å². The van der Waals surface area contributed by atoms with Gasteiger partial charge in [-0.25, -0.2) is 4.57 Å². The number of anilines is 1. The summed E-state index contributed by atoms with van der Waals surface area (Å²) in [6, 6.07) is 7.03. The van der Waals surface area contributed by atoms with Crippen molar-refractivity contribution in [2.24, 2.45) is 0 Å². The minimum absolute atomic E-state index is 0.604. The monoisotopic (exact) mass is 244 g/mol.